The van der Waals surface area contributed by atoms with Crippen LogP contribution in [0.5, 0.6) is 0 Å². The molecule has 0 bridgehead atoms. The number of benzene rings is 2. The molecular formula is C21H21N3O3. The van der Waals surface area contributed by atoms with Crippen LogP contribution in [0.25, 0.3) is 0 Å². The monoisotopic (exact) mass is 363 g/mol. The summed E-state index contributed by atoms with van der Waals surface area (Å²) in [6.45, 7) is 5.29. The van der Waals surface area contributed by atoms with Gasteiger partial charge in [-0.3, -0.25) is 9.59 Å². The van der Waals surface area contributed by atoms with Crippen molar-refractivity contribution >= 4 is 17.5 Å². The summed E-state index contributed by atoms with van der Waals surface area (Å²) in [6, 6.07) is 16.4. The van der Waals surface area contributed by atoms with Crippen molar-refractivity contribution in [1.82, 2.24) is 10.5 Å². The molecule has 0 aliphatic carbocycles. The van der Waals surface area contributed by atoms with E-state index in [2.05, 4.69) is 15.8 Å². The molecule has 0 spiro atoms. The molecule has 2 aromatic carbocycles. The maximum Gasteiger partial charge on any atom is 0.261 e. The second-order valence-electron chi connectivity index (χ2n) is 6.30. The highest BCUT2D eigenvalue weighted by atomic mass is 16.5. The Hall–Kier alpha value is -3.41. The van der Waals surface area contributed by atoms with Crippen LogP contribution in [0.15, 0.2) is 59.1 Å². The molecular weight excluding hydrogens is 342 g/mol. The van der Waals surface area contributed by atoms with E-state index in [0.29, 0.717) is 28.3 Å². The molecule has 0 saturated heterocycles. The van der Waals surface area contributed by atoms with Gasteiger partial charge in [-0.2, -0.15) is 0 Å². The fourth-order valence-electron chi connectivity index (χ4n) is 2.88. The number of para-hydroxylation sites is 1. The van der Waals surface area contributed by atoms with Gasteiger partial charge in [-0.25, -0.2) is 0 Å². The van der Waals surface area contributed by atoms with Crippen molar-refractivity contribution < 1.29 is 14.1 Å². The molecule has 6 heteroatoms. The van der Waals surface area contributed by atoms with Gasteiger partial charge in [0.1, 0.15) is 11.3 Å². The summed E-state index contributed by atoms with van der Waals surface area (Å²) in [5.74, 6) is -0.187. The summed E-state index contributed by atoms with van der Waals surface area (Å²) >= 11 is 0. The van der Waals surface area contributed by atoms with Crippen molar-refractivity contribution in [2.24, 2.45) is 0 Å². The molecule has 2 amide bonds. The zero-order valence-electron chi connectivity index (χ0n) is 15.4. The maximum atomic E-state index is 12.8. The number of hydrogen-bond acceptors (Lipinski definition) is 4. The summed E-state index contributed by atoms with van der Waals surface area (Å²) < 4.78 is 5.04. The first-order chi connectivity index (χ1) is 13.0. The predicted molar refractivity (Wildman–Crippen MR) is 103 cm³/mol. The number of amides is 2. The topological polar surface area (TPSA) is 84.2 Å². The van der Waals surface area contributed by atoms with Gasteiger partial charge >= 0.3 is 0 Å². The number of nitrogens with one attached hydrogen (secondary N) is 2. The molecule has 0 aliphatic rings. The van der Waals surface area contributed by atoms with Crippen LogP contribution in [-0.4, -0.2) is 17.0 Å². The van der Waals surface area contributed by atoms with Crippen molar-refractivity contribution in [2.45, 2.75) is 26.8 Å². The standard InChI is InChI=1S/C21H21N3O3/c1-13(16-9-5-4-6-10-16)22-20(25)17-11-7-8-12-18(17)23-21(26)19-14(2)24-27-15(19)3/h4-13H,1-3H3,(H,22,25)(H,23,26)/t13-/m0/s1. The molecule has 1 heterocycles. The predicted octanol–water partition coefficient (Wildman–Crippen LogP) is 4.03. The van der Waals surface area contributed by atoms with Gasteiger partial charge in [-0.1, -0.05) is 47.6 Å². The van der Waals surface area contributed by atoms with Crippen LogP contribution in [0.3, 0.4) is 0 Å². The minimum absolute atomic E-state index is 0.162. The van der Waals surface area contributed by atoms with E-state index in [4.69, 9.17) is 4.52 Å². The number of anilines is 1. The van der Waals surface area contributed by atoms with E-state index in [0.717, 1.165) is 5.56 Å². The van der Waals surface area contributed by atoms with Crippen LogP contribution in [0.4, 0.5) is 5.69 Å². The smallest absolute Gasteiger partial charge is 0.261 e. The zero-order chi connectivity index (χ0) is 19.4. The number of carbonyl (C=O) groups is 2. The molecule has 3 aromatic rings. The SMILES string of the molecule is Cc1noc(C)c1C(=O)Nc1ccccc1C(=O)N[C@@H](C)c1ccccc1. The maximum absolute atomic E-state index is 12.8. The lowest BCUT2D eigenvalue weighted by molar-refractivity contribution is 0.0941. The van der Waals surface area contributed by atoms with Gasteiger partial charge in [0.2, 0.25) is 0 Å². The minimum atomic E-state index is -0.359. The Morgan fingerprint density at radius 3 is 2.30 bits per heavy atom. The summed E-state index contributed by atoms with van der Waals surface area (Å²) in [6.07, 6.45) is 0. The lowest BCUT2D eigenvalue weighted by Crippen LogP contribution is -2.28. The lowest BCUT2D eigenvalue weighted by atomic mass is 10.1. The van der Waals surface area contributed by atoms with Crippen molar-refractivity contribution in [1.29, 1.82) is 0 Å². The van der Waals surface area contributed by atoms with Crippen molar-refractivity contribution in [2.75, 3.05) is 5.32 Å². The number of rotatable bonds is 5. The Bertz CT molecular complexity index is 944. The van der Waals surface area contributed by atoms with Crippen LogP contribution >= 0.6 is 0 Å². The molecule has 0 unspecified atom stereocenters. The first-order valence-corrected chi connectivity index (χ1v) is 8.66. The first kappa shape index (κ1) is 18.4. The molecule has 0 saturated carbocycles. The second-order valence-corrected chi connectivity index (χ2v) is 6.30. The fourth-order valence-corrected chi connectivity index (χ4v) is 2.88. The number of nitrogens with zero attached hydrogens (tertiary/aromatic N) is 1. The second kappa shape index (κ2) is 7.86. The van der Waals surface area contributed by atoms with E-state index >= 15 is 0 Å². The summed E-state index contributed by atoms with van der Waals surface area (Å²) in [7, 11) is 0. The molecule has 27 heavy (non-hydrogen) atoms. The molecule has 0 radical (unpaired) electrons. The molecule has 0 fully saturated rings. The third-order valence-electron chi connectivity index (χ3n) is 4.33. The Balaban J connectivity index is 1.79. The fraction of sp³-hybridized carbons (Fsp3) is 0.190. The summed E-state index contributed by atoms with van der Waals surface area (Å²) in [5, 5.41) is 9.55. The number of aromatic nitrogens is 1. The van der Waals surface area contributed by atoms with Gasteiger partial charge in [-0.15, -0.1) is 0 Å². The van der Waals surface area contributed by atoms with Crippen LogP contribution < -0.4 is 10.6 Å². The van der Waals surface area contributed by atoms with Gasteiger partial charge in [0, 0.05) is 0 Å². The highest BCUT2D eigenvalue weighted by Crippen LogP contribution is 2.20. The van der Waals surface area contributed by atoms with E-state index in [9.17, 15) is 9.59 Å². The Labute approximate surface area is 157 Å². The van der Waals surface area contributed by atoms with Crippen molar-refractivity contribution in [3.8, 4) is 0 Å². The highest BCUT2D eigenvalue weighted by molar-refractivity contribution is 6.09. The van der Waals surface area contributed by atoms with Crippen LogP contribution in [0.1, 0.15) is 50.7 Å². The number of carbonyl (C=O) groups excluding carboxylic acids is 2. The highest BCUT2D eigenvalue weighted by Gasteiger charge is 2.20. The summed E-state index contributed by atoms with van der Waals surface area (Å²) in [4.78, 5) is 25.4. The van der Waals surface area contributed by atoms with E-state index in [1.807, 2.05) is 37.3 Å². The molecule has 1 atom stereocenters. The van der Waals surface area contributed by atoms with Gasteiger partial charge in [0.25, 0.3) is 11.8 Å². The number of aryl methyl sites for hydroxylation is 2. The molecule has 0 aliphatic heterocycles. The average Bonchev–Trinajstić information content (AvgIpc) is 3.01. The van der Waals surface area contributed by atoms with Crippen molar-refractivity contribution in [3.63, 3.8) is 0 Å². The third-order valence-corrected chi connectivity index (χ3v) is 4.33. The Kier molecular flexibility index (Phi) is 5.35. The first-order valence-electron chi connectivity index (χ1n) is 8.66. The normalized spacial score (nSPS) is 11.7. The lowest BCUT2D eigenvalue weighted by Gasteiger charge is -2.16. The Morgan fingerprint density at radius 2 is 1.63 bits per heavy atom. The molecule has 6 nitrogen and oxygen atoms in total. The van der Waals surface area contributed by atoms with Crippen molar-refractivity contribution in [3.05, 3.63) is 82.7 Å². The van der Waals surface area contributed by atoms with Gasteiger partial charge in [0.05, 0.1) is 23.0 Å². The van der Waals surface area contributed by atoms with E-state index in [-0.39, 0.29) is 17.9 Å². The number of hydrogen-bond donors (Lipinski definition) is 2. The largest absolute Gasteiger partial charge is 0.361 e. The van der Waals surface area contributed by atoms with E-state index in [1.54, 1.807) is 38.1 Å². The third kappa shape index (κ3) is 4.06. The molecule has 2 N–H and O–H groups in total. The van der Waals surface area contributed by atoms with Crippen LogP contribution in [0, 0.1) is 13.8 Å². The van der Waals surface area contributed by atoms with Gasteiger partial charge in [0.15, 0.2) is 0 Å². The molecule has 1 aromatic heterocycles. The van der Waals surface area contributed by atoms with Crippen LogP contribution in [-0.2, 0) is 0 Å². The minimum Gasteiger partial charge on any atom is -0.361 e. The quantitative estimate of drug-likeness (QED) is 0.717. The summed E-state index contributed by atoms with van der Waals surface area (Å²) in [5.41, 5.74) is 2.70. The van der Waals surface area contributed by atoms with Gasteiger partial charge < -0.3 is 15.2 Å². The molecule has 3 rings (SSSR count). The zero-order valence-corrected chi connectivity index (χ0v) is 15.4. The molecule has 138 valence electrons. The van der Waals surface area contributed by atoms with Crippen LogP contribution in [0.2, 0.25) is 0 Å². The van der Waals surface area contributed by atoms with Gasteiger partial charge in [-0.05, 0) is 38.5 Å². The van der Waals surface area contributed by atoms with E-state index in [1.165, 1.54) is 0 Å². The average molecular weight is 363 g/mol. The van der Waals surface area contributed by atoms with E-state index < -0.39 is 0 Å². The Morgan fingerprint density at radius 1 is 0.963 bits per heavy atom.